The zero-order valence-electron chi connectivity index (χ0n) is 19.6. The van der Waals surface area contributed by atoms with Gasteiger partial charge in [-0.25, -0.2) is 9.78 Å². The summed E-state index contributed by atoms with van der Waals surface area (Å²) in [5.74, 6) is -1.53. The van der Waals surface area contributed by atoms with Crippen LogP contribution in [0.4, 0.5) is 10.6 Å². The third kappa shape index (κ3) is 6.94. The zero-order valence-corrected chi connectivity index (χ0v) is 19.6. The number of hydrogen-bond donors (Lipinski definition) is 4. The van der Waals surface area contributed by atoms with E-state index in [-0.39, 0.29) is 31.6 Å². The number of H-pyrrole nitrogens is 1. The van der Waals surface area contributed by atoms with Crippen molar-refractivity contribution in [2.24, 2.45) is 0 Å². The first kappa shape index (κ1) is 25.5. The van der Waals surface area contributed by atoms with E-state index in [4.69, 9.17) is 9.84 Å². The Morgan fingerprint density at radius 1 is 1.31 bits per heavy atom. The molecule has 4 N–H and O–H groups in total. The van der Waals surface area contributed by atoms with Crippen LogP contribution in [0.1, 0.15) is 45.0 Å². The molecule has 3 rings (SSSR count). The van der Waals surface area contributed by atoms with Crippen LogP contribution in [0.3, 0.4) is 0 Å². The number of nitrogens with zero attached hydrogens (tertiary/aromatic N) is 5. The lowest BCUT2D eigenvalue weighted by atomic mass is 10.1. The molecule has 1 aliphatic heterocycles. The third-order valence-corrected chi connectivity index (χ3v) is 5.03. The number of carboxylic acids is 1. The van der Waals surface area contributed by atoms with Gasteiger partial charge in [0.15, 0.2) is 5.82 Å². The molecule has 0 spiro atoms. The van der Waals surface area contributed by atoms with Gasteiger partial charge >= 0.3 is 12.1 Å². The Labute approximate surface area is 200 Å². The summed E-state index contributed by atoms with van der Waals surface area (Å²) in [6.45, 7) is 5.20. The van der Waals surface area contributed by atoms with E-state index < -0.39 is 41.6 Å². The normalized spacial score (nSPS) is 15.7. The number of alkyl carbamates (subject to hydrolysis) is 1. The molecule has 0 saturated heterocycles. The molecular weight excluding hydrogens is 460 g/mol. The standard InChI is InChI=1S/C21H28N8O6/c1-21(2,3)35-20(34)24-13(6-7-16(30)31)19(33)29-14(11-12-5-4-9-22-17(12)29)18(32)23-10-8-15-25-27-28-26-15/h4-5,9,13-14H,6-8,10-11H2,1-3H3,(H,23,32)(H,24,34)(H,30,31)(H,25,26,27,28). The second-order valence-corrected chi connectivity index (χ2v) is 8.91. The maximum absolute atomic E-state index is 13.6. The van der Waals surface area contributed by atoms with E-state index in [1.54, 1.807) is 32.9 Å². The van der Waals surface area contributed by atoms with Gasteiger partial charge in [-0.1, -0.05) is 11.3 Å². The van der Waals surface area contributed by atoms with E-state index in [9.17, 15) is 19.2 Å². The van der Waals surface area contributed by atoms with Gasteiger partial charge in [-0.2, -0.15) is 5.21 Å². The van der Waals surface area contributed by atoms with Crippen molar-refractivity contribution in [3.63, 3.8) is 0 Å². The molecule has 0 radical (unpaired) electrons. The van der Waals surface area contributed by atoms with Crippen LogP contribution in [0.5, 0.6) is 0 Å². The van der Waals surface area contributed by atoms with Crippen molar-refractivity contribution in [1.29, 1.82) is 0 Å². The molecule has 2 aromatic heterocycles. The van der Waals surface area contributed by atoms with Crippen molar-refractivity contribution < 1.29 is 29.0 Å². The summed E-state index contributed by atoms with van der Waals surface area (Å²) >= 11 is 0. The zero-order chi connectivity index (χ0) is 25.6. The summed E-state index contributed by atoms with van der Waals surface area (Å²) in [6, 6.07) is 1.26. The fourth-order valence-electron chi connectivity index (χ4n) is 3.57. The Morgan fingerprint density at radius 3 is 2.74 bits per heavy atom. The molecule has 14 heteroatoms. The maximum Gasteiger partial charge on any atom is 0.408 e. The van der Waals surface area contributed by atoms with Crippen LogP contribution in [0.25, 0.3) is 0 Å². The molecule has 2 aromatic rings. The van der Waals surface area contributed by atoms with Gasteiger partial charge in [0.1, 0.15) is 23.5 Å². The summed E-state index contributed by atoms with van der Waals surface area (Å²) in [5, 5.41) is 27.8. The van der Waals surface area contributed by atoms with Crippen LogP contribution in [0.2, 0.25) is 0 Å². The van der Waals surface area contributed by atoms with E-state index >= 15 is 0 Å². The van der Waals surface area contributed by atoms with Crippen LogP contribution < -0.4 is 15.5 Å². The minimum atomic E-state index is -1.25. The predicted molar refractivity (Wildman–Crippen MR) is 120 cm³/mol. The fraction of sp³-hybridized carbons (Fsp3) is 0.524. The van der Waals surface area contributed by atoms with Crippen LogP contribution in [0.15, 0.2) is 18.3 Å². The minimum absolute atomic E-state index is 0.196. The maximum atomic E-state index is 13.6. The monoisotopic (exact) mass is 488 g/mol. The number of aliphatic carboxylic acids is 1. The van der Waals surface area contributed by atoms with E-state index in [1.165, 1.54) is 11.1 Å². The number of carboxylic acid groups (broad SMARTS) is 1. The highest BCUT2D eigenvalue weighted by Crippen LogP contribution is 2.31. The molecule has 3 heterocycles. The highest BCUT2D eigenvalue weighted by atomic mass is 16.6. The number of aromatic amines is 1. The number of anilines is 1. The molecular formula is C21H28N8O6. The molecule has 0 bridgehead atoms. The molecule has 35 heavy (non-hydrogen) atoms. The first-order chi connectivity index (χ1) is 16.5. The van der Waals surface area contributed by atoms with Crippen molar-refractivity contribution in [3.8, 4) is 0 Å². The van der Waals surface area contributed by atoms with Crippen molar-refractivity contribution in [3.05, 3.63) is 29.7 Å². The van der Waals surface area contributed by atoms with Gasteiger partial charge in [0, 0.05) is 32.0 Å². The summed E-state index contributed by atoms with van der Waals surface area (Å²) in [4.78, 5) is 55.7. The molecule has 0 fully saturated rings. The van der Waals surface area contributed by atoms with Gasteiger partial charge in [0.25, 0.3) is 5.91 Å². The van der Waals surface area contributed by atoms with Crippen molar-refractivity contribution >= 4 is 29.7 Å². The van der Waals surface area contributed by atoms with Crippen LogP contribution in [-0.4, -0.2) is 78.8 Å². The number of rotatable bonds is 9. The quantitative estimate of drug-likeness (QED) is 0.372. The number of hydrogen-bond acceptors (Lipinski definition) is 9. The van der Waals surface area contributed by atoms with Crippen molar-refractivity contribution in [2.45, 2.75) is 64.1 Å². The third-order valence-electron chi connectivity index (χ3n) is 5.03. The summed E-state index contributed by atoms with van der Waals surface area (Å²) in [5.41, 5.74) is -0.152. The lowest BCUT2D eigenvalue weighted by Gasteiger charge is -2.29. The van der Waals surface area contributed by atoms with Gasteiger partial charge in [0.05, 0.1) is 0 Å². The largest absolute Gasteiger partial charge is 0.481 e. The van der Waals surface area contributed by atoms with Gasteiger partial charge in [-0.3, -0.25) is 19.3 Å². The molecule has 0 saturated carbocycles. The van der Waals surface area contributed by atoms with Gasteiger partial charge in [0.2, 0.25) is 5.91 Å². The Balaban J connectivity index is 1.80. The second-order valence-electron chi connectivity index (χ2n) is 8.91. The Hall–Kier alpha value is -4.10. The molecule has 1 aliphatic rings. The smallest absolute Gasteiger partial charge is 0.408 e. The lowest BCUT2D eigenvalue weighted by Crippen LogP contribution is -2.55. The van der Waals surface area contributed by atoms with E-state index in [0.717, 1.165) is 0 Å². The molecule has 0 aromatic carbocycles. The number of carbonyl (C=O) groups is 4. The summed E-state index contributed by atoms with van der Waals surface area (Å²) in [6.07, 6.45) is 0.581. The van der Waals surface area contributed by atoms with Gasteiger partial charge in [-0.05, 0) is 38.8 Å². The average molecular weight is 489 g/mol. The van der Waals surface area contributed by atoms with Gasteiger partial charge < -0.3 is 20.5 Å². The van der Waals surface area contributed by atoms with Gasteiger partial charge in [-0.15, -0.1) is 10.2 Å². The average Bonchev–Trinajstić information content (AvgIpc) is 3.42. The van der Waals surface area contributed by atoms with Crippen molar-refractivity contribution in [2.75, 3.05) is 11.4 Å². The second kappa shape index (κ2) is 10.9. The number of pyridine rings is 1. The molecule has 2 atom stereocenters. The highest BCUT2D eigenvalue weighted by molar-refractivity contribution is 6.05. The first-order valence-electron chi connectivity index (χ1n) is 11.0. The lowest BCUT2D eigenvalue weighted by molar-refractivity contribution is -0.137. The molecule has 2 unspecified atom stereocenters. The summed E-state index contributed by atoms with van der Waals surface area (Å²) < 4.78 is 5.24. The molecule has 3 amide bonds. The first-order valence-corrected chi connectivity index (χ1v) is 11.0. The van der Waals surface area contributed by atoms with Crippen LogP contribution in [0, 0.1) is 0 Å². The SMILES string of the molecule is CC(C)(C)OC(=O)NC(CCC(=O)O)C(=O)N1c2ncccc2CC1C(=O)NCCc1nn[nH]n1. The Bertz CT molecular complexity index is 1070. The van der Waals surface area contributed by atoms with Crippen LogP contribution in [-0.2, 0) is 32.0 Å². The topological polar surface area (TPSA) is 192 Å². The number of aromatic nitrogens is 5. The Morgan fingerprint density at radius 2 is 2.09 bits per heavy atom. The molecule has 14 nitrogen and oxygen atoms in total. The van der Waals surface area contributed by atoms with E-state index in [2.05, 4.69) is 36.2 Å². The van der Waals surface area contributed by atoms with Crippen molar-refractivity contribution in [1.82, 2.24) is 36.2 Å². The number of fused-ring (bicyclic) bond motifs is 1. The number of nitrogens with one attached hydrogen (secondary N) is 3. The number of carbonyl (C=O) groups excluding carboxylic acids is 3. The summed E-state index contributed by atoms with van der Waals surface area (Å²) in [7, 11) is 0. The number of ether oxygens (including phenoxy) is 1. The number of tetrazole rings is 1. The minimum Gasteiger partial charge on any atom is -0.481 e. The predicted octanol–water partition coefficient (Wildman–Crippen LogP) is -0.0306. The number of amides is 3. The highest BCUT2D eigenvalue weighted by Gasteiger charge is 2.42. The fourth-order valence-corrected chi connectivity index (χ4v) is 3.57. The molecule has 0 aliphatic carbocycles. The van der Waals surface area contributed by atoms with E-state index in [0.29, 0.717) is 17.8 Å². The van der Waals surface area contributed by atoms with E-state index in [1.807, 2.05) is 0 Å². The van der Waals surface area contributed by atoms with Crippen LogP contribution >= 0.6 is 0 Å². The molecule has 188 valence electrons. The Kier molecular flexibility index (Phi) is 7.94.